The van der Waals surface area contributed by atoms with Gasteiger partial charge in [0, 0.05) is 19.3 Å². The second-order valence-corrected chi connectivity index (χ2v) is 8.40. The second-order valence-electron chi connectivity index (χ2n) is 8.40. The largest absolute Gasteiger partial charge is 0.462 e. The number of H-pyrrole nitrogens is 1. The molecule has 4 saturated carbocycles. The molecule has 0 spiro atoms. The third-order valence-corrected chi connectivity index (χ3v) is 6.91. The Morgan fingerprint density at radius 1 is 1.30 bits per heavy atom. The molecule has 2 N–H and O–H groups in total. The lowest BCUT2D eigenvalue weighted by Gasteiger charge is -2.59. The molecule has 2 heterocycles. The standard InChI is InChI=1S/C20H26N4O3/c1-3-27-19(25)14-9-21-18-17(22-10-23-18)16(14)24-15-12-4-11-5-13(15)8-20(6-11,7-12)26-2/h9-13,15H,3-8H2,1-2H3,(H2,21,22,23,24)/t11?,12-,13+,15?,20?. The molecule has 0 aromatic carbocycles. The van der Waals surface area contributed by atoms with Crippen molar-refractivity contribution in [2.75, 3.05) is 19.0 Å². The number of anilines is 1. The van der Waals surface area contributed by atoms with Crippen LogP contribution in [0.15, 0.2) is 12.5 Å². The van der Waals surface area contributed by atoms with Crippen molar-refractivity contribution in [1.29, 1.82) is 0 Å². The van der Waals surface area contributed by atoms with Crippen molar-refractivity contribution >= 4 is 22.8 Å². The maximum atomic E-state index is 12.5. The smallest absolute Gasteiger partial charge is 0.341 e. The van der Waals surface area contributed by atoms with Crippen LogP contribution in [-0.4, -0.2) is 46.3 Å². The average Bonchev–Trinajstić information content (AvgIpc) is 3.13. The van der Waals surface area contributed by atoms with Crippen LogP contribution >= 0.6 is 0 Å². The van der Waals surface area contributed by atoms with Crippen LogP contribution in [0.25, 0.3) is 11.2 Å². The summed E-state index contributed by atoms with van der Waals surface area (Å²) in [6.07, 6.45) is 9.08. The molecule has 7 heteroatoms. The first-order valence-corrected chi connectivity index (χ1v) is 9.93. The maximum Gasteiger partial charge on any atom is 0.341 e. The average molecular weight is 370 g/mol. The summed E-state index contributed by atoms with van der Waals surface area (Å²) in [4.78, 5) is 24.2. The number of imidazole rings is 1. The molecule has 6 rings (SSSR count). The molecule has 2 aromatic rings. The minimum Gasteiger partial charge on any atom is -0.462 e. The van der Waals surface area contributed by atoms with E-state index in [1.54, 1.807) is 12.5 Å². The van der Waals surface area contributed by atoms with Gasteiger partial charge in [0.1, 0.15) is 11.1 Å². The fourth-order valence-electron chi connectivity index (χ4n) is 6.01. The Morgan fingerprint density at radius 2 is 2.07 bits per heavy atom. The number of methoxy groups -OCH3 is 1. The van der Waals surface area contributed by atoms with Gasteiger partial charge in [0.2, 0.25) is 0 Å². The number of carbonyl (C=O) groups is 1. The van der Waals surface area contributed by atoms with E-state index in [0.717, 1.165) is 30.0 Å². The summed E-state index contributed by atoms with van der Waals surface area (Å²) in [6, 6.07) is 0.340. The van der Waals surface area contributed by atoms with Crippen LogP contribution < -0.4 is 5.32 Å². The SMILES string of the molecule is CCOC(=O)c1cnc2nc[nH]c2c1NC1[C@@H]2CC3C[C@H]1CC(OC)(C3)C2. The third-order valence-electron chi connectivity index (χ3n) is 6.91. The van der Waals surface area contributed by atoms with Crippen LogP contribution in [0, 0.1) is 17.8 Å². The van der Waals surface area contributed by atoms with Gasteiger partial charge in [-0.15, -0.1) is 0 Å². The van der Waals surface area contributed by atoms with E-state index < -0.39 is 0 Å². The molecular formula is C20H26N4O3. The fourth-order valence-corrected chi connectivity index (χ4v) is 6.01. The van der Waals surface area contributed by atoms with E-state index in [0.29, 0.717) is 35.7 Å². The van der Waals surface area contributed by atoms with E-state index >= 15 is 0 Å². The Balaban J connectivity index is 1.51. The molecule has 2 aromatic heterocycles. The van der Waals surface area contributed by atoms with Gasteiger partial charge >= 0.3 is 5.97 Å². The number of carbonyl (C=O) groups excluding carboxylic acids is 1. The first kappa shape index (κ1) is 17.0. The summed E-state index contributed by atoms with van der Waals surface area (Å²) >= 11 is 0. The van der Waals surface area contributed by atoms with E-state index in [1.165, 1.54) is 19.3 Å². The molecule has 5 atom stereocenters. The van der Waals surface area contributed by atoms with E-state index in [4.69, 9.17) is 9.47 Å². The third kappa shape index (κ3) is 2.63. The van der Waals surface area contributed by atoms with Crippen LogP contribution in [0.2, 0.25) is 0 Å². The number of aromatic amines is 1. The van der Waals surface area contributed by atoms with Crippen molar-refractivity contribution < 1.29 is 14.3 Å². The summed E-state index contributed by atoms with van der Waals surface area (Å²) in [5.74, 6) is 1.56. The molecule has 4 bridgehead atoms. The molecule has 3 unspecified atom stereocenters. The van der Waals surface area contributed by atoms with Gasteiger partial charge in [0.15, 0.2) is 5.65 Å². The number of nitrogens with one attached hydrogen (secondary N) is 2. The first-order valence-electron chi connectivity index (χ1n) is 9.93. The lowest BCUT2D eigenvalue weighted by Crippen LogP contribution is -2.59. The molecule has 0 amide bonds. The van der Waals surface area contributed by atoms with Gasteiger partial charge in [0.05, 0.1) is 24.2 Å². The molecule has 4 aliphatic carbocycles. The summed E-state index contributed by atoms with van der Waals surface area (Å²) in [5.41, 5.74) is 2.71. The van der Waals surface area contributed by atoms with Gasteiger partial charge in [-0.3, -0.25) is 0 Å². The van der Waals surface area contributed by atoms with Crippen LogP contribution in [0.1, 0.15) is 49.4 Å². The van der Waals surface area contributed by atoms with Gasteiger partial charge in [-0.2, -0.15) is 0 Å². The number of hydrogen-bond donors (Lipinski definition) is 2. The predicted molar refractivity (Wildman–Crippen MR) is 101 cm³/mol. The quantitative estimate of drug-likeness (QED) is 0.786. The van der Waals surface area contributed by atoms with Crippen molar-refractivity contribution in [1.82, 2.24) is 15.0 Å². The topological polar surface area (TPSA) is 89.1 Å². The number of esters is 1. The van der Waals surface area contributed by atoms with Gasteiger partial charge in [-0.25, -0.2) is 14.8 Å². The molecule has 144 valence electrons. The molecule has 0 saturated heterocycles. The zero-order chi connectivity index (χ0) is 18.6. The highest BCUT2D eigenvalue weighted by atomic mass is 16.5. The maximum absolute atomic E-state index is 12.5. The number of pyridine rings is 1. The lowest BCUT2D eigenvalue weighted by molar-refractivity contribution is -0.149. The second kappa shape index (κ2) is 6.19. The summed E-state index contributed by atoms with van der Waals surface area (Å²) in [6.45, 7) is 2.15. The van der Waals surface area contributed by atoms with Crippen LogP contribution in [-0.2, 0) is 9.47 Å². The molecule has 27 heavy (non-hydrogen) atoms. The zero-order valence-electron chi connectivity index (χ0n) is 15.8. The van der Waals surface area contributed by atoms with Gasteiger partial charge in [0.25, 0.3) is 0 Å². The van der Waals surface area contributed by atoms with Gasteiger partial charge in [-0.1, -0.05) is 0 Å². The predicted octanol–water partition coefficient (Wildman–Crippen LogP) is 3.14. The Labute approximate surface area is 158 Å². The molecular weight excluding hydrogens is 344 g/mol. The van der Waals surface area contributed by atoms with Gasteiger partial charge < -0.3 is 19.8 Å². The highest BCUT2D eigenvalue weighted by molar-refractivity contribution is 6.02. The minimum atomic E-state index is -0.346. The van der Waals surface area contributed by atoms with E-state index in [2.05, 4.69) is 20.3 Å². The fraction of sp³-hybridized carbons (Fsp3) is 0.650. The number of aromatic nitrogens is 3. The normalized spacial score (nSPS) is 34.1. The Hall–Kier alpha value is -2.15. The van der Waals surface area contributed by atoms with Gasteiger partial charge in [-0.05, 0) is 56.8 Å². The number of rotatable bonds is 5. The summed E-state index contributed by atoms with van der Waals surface area (Å²) in [7, 11) is 1.87. The molecule has 4 fully saturated rings. The first-order chi connectivity index (χ1) is 13.1. The Bertz CT molecular complexity index is 863. The Kier molecular flexibility index (Phi) is 3.89. The number of nitrogens with zero attached hydrogens (tertiary/aromatic N) is 2. The molecule has 7 nitrogen and oxygen atoms in total. The highest BCUT2D eigenvalue weighted by Crippen LogP contribution is 2.57. The lowest BCUT2D eigenvalue weighted by atomic mass is 9.52. The zero-order valence-corrected chi connectivity index (χ0v) is 15.8. The van der Waals surface area contributed by atoms with Crippen molar-refractivity contribution in [3.8, 4) is 0 Å². The number of ether oxygens (including phenoxy) is 2. The summed E-state index contributed by atoms with van der Waals surface area (Å²) in [5, 5.41) is 3.73. The summed E-state index contributed by atoms with van der Waals surface area (Å²) < 4.78 is 11.2. The number of fused-ring (bicyclic) bond motifs is 1. The van der Waals surface area contributed by atoms with Crippen molar-refractivity contribution in [2.24, 2.45) is 17.8 Å². The monoisotopic (exact) mass is 370 g/mol. The van der Waals surface area contributed by atoms with Crippen LogP contribution in [0.5, 0.6) is 0 Å². The Morgan fingerprint density at radius 3 is 2.78 bits per heavy atom. The van der Waals surface area contributed by atoms with Crippen molar-refractivity contribution in [3.63, 3.8) is 0 Å². The van der Waals surface area contributed by atoms with Crippen molar-refractivity contribution in [2.45, 2.75) is 50.7 Å². The van der Waals surface area contributed by atoms with E-state index in [9.17, 15) is 4.79 Å². The van der Waals surface area contributed by atoms with E-state index in [-0.39, 0.29) is 11.6 Å². The minimum absolute atomic E-state index is 0.0696. The molecule has 0 radical (unpaired) electrons. The van der Waals surface area contributed by atoms with Crippen LogP contribution in [0.3, 0.4) is 0 Å². The number of hydrogen-bond acceptors (Lipinski definition) is 6. The molecule has 4 aliphatic rings. The highest BCUT2D eigenvalue weighted by Gasteiger charge is 2.55. The van der Waals surface area contributed by atoms with E-state index in [1.807, 2.05) is 14.0 Å². The van der Waals surface area contributed by atoms with Crippen molar-refractivity contribution in [3.05, 3.63) is 18.1 Å². The van der Waals surface area contributed by atoms with Crippen LogP contribution in [0.4, 0.5) is 5.69 Å². The molecule has 0 aliphatic heterocycles.